The lowest BCUT2D eigenvalue weighted by atomic mass is 10.1. The van der Waals surface area contributed by atoms with Crippen LogP contribution in [0.4, 0.5) is 11.6 Å². The van der Waals surface area contributed by atoms with Gasteiger partial charge >= 0.3 is 0 Å². The number of pyridine rings is 2. The second-order valence-electron chi connectivity index (χ2n) is 4.04. The van der Waals surface area contributed by atoms with Crippen LogP contribution in [0.25, 0.3) is 21.8 Å². The Morgan fingerprint density at radius 2 is 1.89 bits per heavy atom. The molecule has 0 saturated carbocycles. The summed E-state index contributed by atoms with van der Waals surface area (Å²) in [5, 5.41) is 14.7. The van der Waals surface area contributed by atoms with Gasteiger partial charge in [-0.1, -0.05) is 0 Å². The van der Waals surface area contributed by atoms with E-state index >= 15 is 0 Å². The normalized spacial score (nSPS) is 10.9. The third kappa shape index (κ3) is 1.48. The average Bonchev–Trinajstić information content (AvgIpc) is 2.38. The number of phenolic OH excluding ortho intramolecular Hbond substituents is 1. The highest BCUT2D eigenvalue weighted by molar-refractivity contribution is 6.08. The molecule has 0 bridgehead atoms. The van der Waals surface area contributed by atoms with Gasteiger partial charge in [-0.05, 0) is 24.3 Å². The molecule has 2 aromatic heterocycles. The number of nitrogen functional groups attached to an aromatic ring is 1. The number of aromatic hydroxyl groups is 1. The van der Waals surface area contributed by atoms with Crippen LogP contribution >= 0.6 is 0 Å². The van der Waals surface area contributed by atoms with Crippen molar-refractivity contribution in [1.82, 2.24) is 9.97 Å². The Morgan fingerprint density at radius 1 is 1.11 bits per heavy atom. The summed E-state index contributed by atoms with van der Waals surface area (Å²) in [7, 11) is 1.79. The lowest BCUT2D eigenvalue weighted by Gasteiger charge is -2.07. The molecule has 0 spiro atoms. The SMILES string of the molecule is CNc1ccc2c(n1)c(O)cc1nc(N)ccc12. The number of fused-ring (bicyclic) bond motifs is 3. The van der Waals surface area contributed by atoms with E-state index in [1.807, 2.05) is 18.2 Å². The number of hydrogen-bond donors (Lipinski definition) is 3. The topological polar surface area (TPSA) is 84.1 Å². The molecule has 3 aromatic rings. The predicted molar refractivity (Wildman–Crippen MR) is 72.7 cm³/mol. The summed E-state index contributed by atoms with van der Waals surface area (Å²) in [5.41, 5.74) is 6.87. The molecule has 0 unspecified atom stereocenters. The number of nitrogens with two attached hydrogens (primary N) is 1. The molecule has 0 amide bonds. The molecule has 90 valence electrons. The van der Waals surface area contributed by atoms with E-state index in [4.69, 9.17) is 5.73 Å². The fourth-order valence-corrected chi connectivity index (χ4v) is 2.04. The highest BCUT2D eigenvalue weighted by atomic mass is 16.3. The van der Waals surface area contributed by atoms with Gasteiger partial charge in [0.2, 0.25) is 0 Å². The Kier molecular flexibility index (Phi) is 2.19. The zero-order valence-electron chi connectivity index (χ0n) is 9.81. The number of benzene rings is 1. The van der Waals surface area contributed by atoms with Gasteiger partial charge in [0.05, 0.1) is 5.52 Å². The summed E-state index contributed by atoms with van der Waals surface area (Å²) >= 11 is 0. The second kappa shape index (κ2) is 3.73. The molecule has 5 heteroatoms. The largest absolute Gasteiger partial charge is 0.506 e. The van der Waals surface area contributed by atoms with Gasteiger partial charge in [-0.25, -0.2) is 9.97 Å². The van der Waals surface area contributed by atoms with Crippen LogP contribution < -0.4 is 11.1 Å². The fourth-order valence-electron chi connectivity index (χ4n) is 2.04. The van der Waals surface area contributed by atoms with Crippen molar-refractivity contribution in [3.05, 3.63) is 30.3 Å². The summed E-state index contributed by atoms with van der Waals surface area (Å²) in [6.07, 6.45) is 0. The van der Waals surface area contributed by atoms with Crippen molar-refractivity contribution < 1.29 is 5.11 Å². The van der Waals surface area contributed by atoms with Crippen LogP contribution in [0.15, 0.2) is 30.3 Å². The Morgan fingerprint density at radius 3 is 2.67 bits per heavy atom. The smallest absolute Gasteiger partial charge is 0.144 e. The van der Waals surface area contributed by atoms with Crippen molar-refractivity contribution in [3.8, 4) is 5.75 Å². The Bertz CT molecular complexity index is 755. The minimum atomic E-state index is 0.104. The van der Waals surface area contributed by atoms with Gasteiger partial charge in [0.25, 0.3) is 0 Å². The zero-order chi connectivity index (χ0) is 12.7. The lowest BCUT2D eigenvalue weighted by Crippen LogP contribution is -1.94. The first-order valence-corrected chi connectivity index (χ1v) is 5.56. The summed E-state index contributed by atoms with van der Waals surface area (Å²) in [6.45, 7) is 0. The van der Waals surface area contributed by atoms with Gasteiger partial charge in [-0.2, -0.15) is 0 Å². The third-order valence-electron chi connectivity index (χ3n) is 2.90. The van der Waals surface area contributed by atoms with Crippen LogP contribution in [0.1, 0.15) is 0 Å². The maximum atomic E-state index is 10.0. The number of anilines is 2. The van der Waals surface area contributed by atoms with Crippen molar-refractivity contribution in [1.29, 1.82) is 0 Å². The van der Waals surface area contributed by atoms with Gasteiger partial charge in [0, 0.05) is 23.9 Å². The molecule has 1 aromatic carbocycles. The molecular formula is C13H12N4O. The van der Waals surface area contributed by atoms with Crippen LogP contribution in [0.3, 0.4) is 0 Å². The van der Waals surface area contributed by atoms with E-state index in [-0.39, 0.29) is 5.75 Å². The summed E-state index contributed by atoms with van der Waals surface area (Å²) in [6, 6.07) is 8.98. The first kappa shape index (κ1) is 10.6. The zero-order valence-corrected chi connectivity index (χ0v) is 9.81. The van der Waals surface area contributed by atoms with Crippen LogP contribution in [-0.4, -0.2) is 22.1 Å². The molecule has 2 heterocycles. The van der Waals surface area contributed by atoms with Crippen molar-refractivity contribution in [2.24, 2.45) is 0 Å². The first-order chi connectivity index (χ1) is 8.69. The van der Waals surface area contributed by atoms with E-state index in [2.05, 4.69) is 15.3 Å². The van der Waals surface area contributed by atoms with E-state index < -0.39 is 0 Å². The van der Waals surface area contributed by atoms with E-state index in [1.54, 1.807) is 19.2 Å². The quantitative estimate of drug-likeness (QED) is 0.567. The van der Waals surface area contributed by atoms with Crippen molar-refractivity contribution in [2.45, 2.75) is 0 Å². The Balaban J connectivity index is 2.46. The third-order valence-corrected chi connectivity index (χ3v) is 2.90. The summed E-state index contributed by atoms with van der Waals surface area (Å²) in [4.78, 5) is 8.55. The van der Waals surface area contributed by atoms with Gasteiger partial charge in [0.1, 0.15) is 22.9 Å². The van der Waals surface area contributed by atoms with Gasteiger partial charge in [-0.15, -0.1) is 0 Å². The van der Waals surface area contributed by atoms with Crippen LogP contribution in [0, 0.1) is 0 Å². The molecule has 0 atom stereocenters. The number of nitrogens with zero attached hydrogens (tertiary/aromatic N) is 2. The molecule has 0 radical (unpaired) electrons. The molecular weight excluding hydrogens is 228 g/mol. The first-order valence-electron chi connectivity index (χ1n) is 5.56. The monoisotopic (exact) mass is 240 g/mol. The number of phenols is 1. The van der Waals surface area contributed by atoms with Gasteiger partial charge in [-0.3, -0.25) is 0 Å². The lowest BCUT2D eigenvalue weighted by molar-refractivity contribution is 0.481. The minimum Gasteiger partial charge on any atom is -0.506 e. The standard InChI is InChI=1S/C13H12N4O/c1-15-12-5-3-8-7-2-4-11(14)16-9(7)6-10(18)13(8)17-12/h2-6,18H,1H3,(H2,14,16)(H,15,17). The molecule has 5 nitrogen and oxygen atoms in total. The number of aromatic nitrogens is 2. The molecule has 0 aliphatic carbocycles. The number of hydrogen-bond acceptors (Lipinski definition) is 5. The van der Waals surface area contributed by atoms with E-state index in [0.717, 1.165) is 10.8 Å². The fraction of sp³-hybridized carbons (Fsp3) is 0.0769. The van der Waals surface area contributed by atoms with Crippen LogP contribution in [0.2, 0.25) is 0 Å². The Hall–Kier alpha value is -2.56. The predicted octanol–water partition coefficient (Wildman–Crippen LogP) is 2.11. The molecule has 0 aliphatic heterocycles. The van der Waals surface area contributed by atoms with E-state index in [0.29, 0.717) is 22.7 Å². The van der Waals surface area contributed by atoms with Crippen molar-refractivity contribution >= 4 is 33.4 Å². The molecule has 3 rings (SSSR count). The van der Waals surface area contributed by atoms with Crippen LogP contribution in [-0.2, 0) is 0 Å². The van der Waals surface area contributed by atoms with E-state index in [9.17, 15) is 5.11 Å². The Labute approximate surface area is 103 Å². The molecule has 18 heavy (non-hydrogen) atoms. The highest BCUT2D eigenvalue weighted by Gasteiger charge is 2.09. The van der Waals surface area contributed by atoms with Gasteiger partial charge in [0.15, 0.2) is 0 Å². The molecule has 0 aliphatic rings. The molecule has 0 fully saturated rings. The second-order valence-corrected chi connectivity index (χ2v) is 4.04. The number of nitrogens with one attached hydrogen (secondary N) is 1. The summed E-state index contributed by atoms with van der Waals surface area (Å²) in [5.74, 6) is 1.24. The van der Waals surface area contributed by atoms with Gasteiger partial charge < -0.3 is 16.2 Å². The van der Waals surface area contributed by atoms with E-state index in [1.165, 1.54) is 0 Å². The highest BCUT2D eigenvalue weighted by Crippen LogP contribution is 2.31. The molecule has 0 saturated heterocycles. The van der Waals surface area contributed by atoms with Crippen molar-refractivity contribution in [2.75, 3.05) is 18.1 Å². The summed E-state index contributed by atoms with van der Waals surface area (Å²) < 4.78 is 0. The van der Waals surface area contributed by atoms with Crippen LogP contribution in [0.5, 0.6) is 5.75 Å². The average molecular weight is 240 g/mol. The minimum absolute atomic E-state index is 0.104. The maximum Gasteiger partial charge on any atom is 0.144 e. The van der Waals surface area contributed by atoms with Crippen molar-refractivity contribution in [3.63, 3.8) is 0 Å². The number of rotatable bonds is 1. The molecule has 4 N–H and O–H groups in total. The maximum absolute atomic E-state index is 10.0.